The molecule has 3 rings (SSSR count). The first-order chi connectivity index (χ1) is 13.3. The van der Waals surface area contributed by atoms with E-state index in [4.69, 9.17) is 4.74 Å². The van der Waals surface area contributed by atoms with Crippen LogP contribution in [0, 0.1) is 5.82 Å². The van der Waals surface area contributed by atoms with Crippen molar-refractivity contribution in [3.05, 3.63) is 70.7 Å². The van der Waals surface area contributed by atoms with Crippen LogP contribution in [-0.2, 0) is 10.0 Å². The van der Waals surface area contributed by atoms with E-state index in [9.17, 15) is 17.6 Å². The number of thiophene rings is 1. The number of amides is 1. The molecule has 1 amide bonds. The summed E-state index contributed by atoms with van der Waals surface area (Å²) in [5, 5.41) is 4.12. The molecule has 1 N–H and O–H groups in total. The molecule has 0 atom stereocenters. The Labute approximate surface area is 166 Å². The molecule has 0 saturated heterocycles. The summed E-state index contributed by atoms with van der Waals surface area (Å²) < 4.78 is 45.3. The number of halogens is 1. The molecule has 3 aromatic rings. The normalized spacial score (nSPS) is 11.1. The maximum Gasteiger partial charge on any atom is 0.267 e. The fraction of sp³-hybridized carbons (Fsp3) is 0.105. The van der Waals surface area contributed by atoms with Crippen molar-refractivity contribution in [3.63, 3.8) is 0 Å². The van der Waals surface area contributed by atoms with E-state index in [0.29, 0.717) is 17.1 Å². The first-order valence-electron chi connectivity index (χ1n) is 8.10. The molecular formula is C19H17FN2O4S2. The van der Waals surface area contributed by atoms with Crippen molar-refractivity contribution in [1.82, 2.24) is 0 Å². The third-order valence-electron chi connectivity index (χ3n) is 4.01. The van der Waals surface area contributed by atoms with Gasteiger partial charge in [0.15, 0.2) is 0 Å². The Bertz CT molecular complexity index is 1080. The van der Waals surface area contributed by atoms with Crippen molar-refractivity contribution >= 4 is 38.6 Å². The number of nitrogens with zero attached hydrogens (tertiary/aromatic N) is 1. The minimum absolute atomic E-state index is 0.0460. The minimum Gasteiger partial charge on any atom is -0.497 e. The number of ether oxygens (including phenoxy) is 1. The second-order valence-corrected chi connectivity index (χ2v) is 8.60. The van der Waals surface area contributed by atoms with Crippen LogP contribution < -0.4 is 14.4 Å². The van der Waals surface area contributed by atoms with Gasteiger partial charge in [-0.3, -0.25) is 9.10 Å². The Morgan fingerprint density at radius 2 is 1.71 bits per heavy atom. The topological polar surface area (TPSA) is 75.7 Å². The lowest BCUT2D eigenvalue weighted by Crippen LogP contribution is -2.28. The average molecular weight is 420 g/mol. The fourth-order valence-corrected chi connectivity index (χ4v) is 4.96. The quantitative estimate of drug-likeness (QED) is 0.655. The molecule has 1 aromatic heterocycles. The van der Waals surface area contributed by atoms with Crippen LogP contribution in [0.2, 0.25) is 0 Å². The van der Waals surface area contributed by atoms with Gasteiger partial charge in [-0.2, -0.15) is 0 Å². The first kappa shape index (κ1) is 19.8. The van der Waals surface area contributed by atoms with Gasteiger partial charge in [-0.15, -0.1) is 11.3 Å². The summed E-state index contributed by atoms with van der Waals surface area (Å²) in [5.41, 5.74) is 0.795. The monoisotopic (exact) mass is 420 g/mol. The van der Waals surface area contributed by atoms with E-state index in [1.165, 1.54) is 49.9 Å². The summed E-state index contributed by atoms with van der Waals surface area (Å²) in [6, 6.07) is 13.1. The van der Waals surface area contributed by atoms with Crippen LogP contribution in [0.4, 0.5) is 15.8 Å². The lowest BCUT2D eigenvalue weighted by atomic mass is 10.3. The molecule has 0 bridgehead atoms. The van der Waals surface area contributed by atoms with E-state index in [1.807, 2.05) is 0 Å². The molecular weight excluding hydrogens is 403 g/mol. The minimum atomic E-state index is -3.96. The molecule has 0 fully saturated rings. The molecule has 0 spiro atoms. The molecule has 28 heavy (non-hydrogen) atoms. The molecule has 0 radical (unpaired) electrons. The van der Waals surface area contributed by atoms with Gasteiger partial charge in [0.2, 0.25) is 0 Å². The van der Waals surface area contributed by atoms with Crippen LogP contribution in [0.25, 0.3) is 0 Å². The van der Waals surface area contributed by atoms with Gasteiger partial charge in [-0.25, -0.2) is 12.8 Å². The highest BCUT2D eigenvalue weighted by atomic mass is 32.2. The third-order valence-corrected chi connectivity index (χ3v) is 6.88. The van der Waals surface area contributed by atoms with Crippen LogP contribution in [0.1, 0.15) is 9.67 Å². The fourth-order valence-electron chi connectivity index (χ4n) is 2.47. The average Bonchev–Trinajstić information content (AvgIpc) is 3.20. The van der Waals surface area contributed by atoms with Crippen LogP contribution in [0.3, 0.4) is 0 Å². The second kappa shape index (κ2) is 7.99. The van der Waals surface area contributed by atoms with Gasteiger partial charge in [-0.1, -0.05) is 0 Å². The van der Waals surface area contributed by atoms with Crippen molar-refractivity contribution in [3.8, 4) is 5.75 Å². The number of benzene rings is 2. The predicted molar refractivity (Wildman–Crippen MR) is 107 cm³/mol. The SMILES string of the molecule is COc1ccc(N(C)S(=O)(=O)c2ccsc2C(=O)Nc2ccc(F)cc2)cc1. The van der Waals surface area contributed by atoms with Crippen molar-refractivity contribution < 1.29 is 22.3 Å². The van der Waals surface area contributed by atoms with E-state index in [2.05, 4.69) is 5.32 Å². The van der Waals surface area contributed by atoms with E-state index in [1.54, 1.807) is 24.3 Å². The first-order valence-corrected chi connectivity index (χ1v) is 10.4. The van der Waals surface area contributed by atoms with Crippen LogP contribution in [-0.4, -0.2) is 28.5 Å². The Morgan fingerprint density at radius 1 is 1.07 bits per heavy atom. The maximum atomic E-state index is 13.0. The number of anilines is 2. The molecule has 2 aromatic carbocycles. The second-order valence-electron chi connectivity index (χ2n) is 5.75. The van der Waals surface area contributed by atoms with Crippen LogP contribution in [0.15, 0.2) is 64.9 Å². The molecule has 1 heterocycles. The third kappa shape index (κ3) is 4.00. The zero-order valence-electron chi connectivity index (χ0n) is 15.0. The highest BCUT2D eigenvalue weighted by Gasteiger charge is 2.28. The molecule has 146 valence electrons. The van der Waals surface area contributed by atoms with Gasteiger partial charge in [0, 0.05) is 12.7 Å². The molecule has 0 aliphatic carbocycles. The smallest absolute Gasteiger partial charge is 0.267 e. The number of methoxy groups -OCH3 is 1. The van der Waals surface area contributed by atoms with Crippen molar-refractivity contribution in [1.29, 1.82) is 0 Å². The number of nitrogens with one attached hydrogen (secondary N) is 1. The van der Waals surface area contributed by atoms with Gasteiger partial charge in [0.25, 0.3) is 15.9 Å². The molecule has 6 nitrogen and oxygen atoms in total. The van der Waals surface area contributed by atoms with Crippen LogP contribution >= 0.6 is 11.3 Å². The molecule has 0 unspecified atom stereocenters. The summed E-state index contributed by atoms with van der Waals surface area (Å²) in [6.45, 7) is 0. The van der Waals surface area contributed by atoms with E-state index < -0.39 is 21.7 Å². The standard InChI is InChI=1S/C19H17FN2O4S2/c1-22(15-7-9-16(26-2)10-8-15)28(24,25)17-11-12-27-18(17)19(23)21-14-5-3-13(20)4-6-14/h3-12H,1-2H3,(H,21,23). The molecule has 9 heteroatoms. The lowest BCUT2D eigenvalue weighted by Gasteiger charge is -2.20. The van der Waals surface area contributed by atoms with Crippen LogP contribution in [0.5, 0.6) is 5.75 Å². The number of sulfonamides is 1. The molecule has 0 aliphatic heterocycles. The number of rotatable bonds is 6. The number of hydrogen-bond acceptors (Lipinski definition) is 5. The van der Waals surface area contributed by atoms with Crippen molar-refractivity contribution in [2.45, 2.75) is 4.90 Å². The van der Waals surface area contributed by atoms with Gasteiger partial charge in [0.1, 0.15) is 21.3 Å². The summed E-state index contributed by atoms with van der Waals surface area (Å²) in [4.78, 5) is 12.5. The summed E-state index contributed by atoms with van der Waals surface area (Å²) in [5.74, 6) is -0.411. The Balaban J connectivity index is 1.87. The molecule has 0 aliphatic rings. The highest BCUT2D eigenvalue weighted by Crippen LogP contribution is 2.29. The van der Waals surface area contributed by atoms with Gasteiger partial charge in [-0.05, 0) is 60.0 Å². The summed E-state index contributed by atoms with van der Waals surface area (Å²) >= 11 is 1.01. The van der Waals surface area contributed by atoms with Gasteiger partial charge < -0.3 is 10.1 Å². The predicted octanol–water partition coefficient (Wildman–Crippen LogP) is 3.97. The number of hydrogen-bond donors (Lipinski definition) is 1. The van der Waals surface area contributed by atoms with Crippen molar-refractivity contribution in [2.24, 2.45) is 0 Å². The Morgan fingerprint density at radius 3 is 2.32 bits per heavy atom. The summed E-state index contributed by atoms with van der Waals surface area (Å²) in [7, 11) is -1.03. The van der Waals surface area contributed by atoms with E-state index in [0.717, 1.165) is 15.6 Å². The number of carbonyl (C=O) groups is 1. The largest absolute Gasteiger partial charge is 0.497 e. The van der Waals surface area contributed by atoms with Gasteiger partial charge >= 0.3 is 0 Å². The Hall–Kier alpha value is -2.91. The Kier molecular flexibility index (Phi) is 5.66. The zero-order valence-corrected chi connectivity index (χ0v) is 16.7. The summed E-state index contributed by atoms with van der Waals surface area (Å²) in [6.07, 6.45) is 0. The highest BCUT2D eigenvalue weighted by molar-refractivity contribution is 7.93. The van der Waals surface area contributed by atoms with Crippen molar-refractivity contribution in [2.75, 3.05) is 23.8 Å². The molecule has 0 saturated carbocycles. The van der Waals surface area contributed by atoms with E-state index in [-0.39, 0.29) is 9.77 Å². The lowest BCUT2D eigenvalue weighted by molar-refractivity contribution is 0.102. The zero-order chi connectivity index (χ0) is 20.3. The maximum absolute atomic E-state index is 13.0. The van der Waals surface area contributed by atoms with E-state index >= 15 is 0 Å². The number of carbonyl (C=O) groups excluding carboxylic acids is 1. The van der Waals surface area contributed by atoms with Gasteiger partial charge in [0.05, 0.1) is 12.8 Å².